The highest BCUT2D eigenvalue weighted by Crippen LogP contribution is 2.29. The Morgan fingerprint density at radius 1 is 1.13 bits per heavy atom. The lowest BCUT2D eigenvalue weighted by Crippen LogP contribution is -2.44. The summed E-state index contributed by atoms with van der Waals surface area (Å²) >= 11 is 0. The van der Waals surface area contributed by atoms with Gasteiger partial charge in [0.2, 0.25) is 5.91 Å². The van der Waals surface area contributed by atoms with Gasteiger partial charge < -0.3 is 15.5 Å². The number of carbonyl (C=O) groups is 3. The number of hydrogen-bond donors (Lipinski definition) is 2. The lowest BCUT2D eigenvalue weighted by Gasteiger charge is -2.23. The lowest BCUT2D eigenvalue weighted by atomic mass is 9.91. The molecular weight excluding hydrogens is 380 g/mol. The average Bonchev–Trinajstić information content (AvgIpc) is 3.28. The van der Waals surface area contributed by atoms with Gasteiger partial charge >= 0.3 is 6.03 Å². The normalized spacial score (nSPS) is 23.6. The Hall–Kier alpha value is -3.35. The number of benzene rings is 2. The maximum Gasteiger partial charge on any atom is 0.325 e. The molecule has 0 aliphatic carbocycles. The molecule has 2 aromatic carbocycles. The molecule has 2 saturated heterocycles. The van der Waals surface area contributed by atoms with Crippen molar-refractivity contribution in [2.75, 3.05) is 25.0 Å². The minimum absolute atomic E-state index is 0.150. The van der Waals surface area contributed by atoms with E-state index in [1.165, 1.54) is 0 Å². The molecule has 4 amide bonds. The number of nitrogens with one attached hydrogen (secondary N) is 2. The van der Waals surface area contributed by atoms with Crippen LogP contribution in [0.2, 0.25) is 0 Å². The molecular formula is C23H26N4O3. The smallest absolute Gasteiger partial charge is 0.325 e. The number of para-hydroxylation sites is 1. The first-order valence-electron chi connectivity index (χ1n) is 10.2. The van der Waals surface area contributed by atoms with Gasteiger partial charge in [-0.3, -0.25) is 14.5 Å². The van der Waals surface area contributed by atoms with E-state index in [1.807, 2.05) is 61.5 Å². The van der Waals surface area contributed by atoms with E-state index in [0.29, 0.717) is 18.7 Å². The van der Waals surface area contributed by atoms with Gasteiger partial charge in [-0.2, -0.15) is 0 Å². The standard InChI is InChI=1S/C23H26N4O3/c1-16-8-10-17(11-9-16)23(2)21(29)27(22(30)25-23)15-20(28)26-13-12-19(14-26)24-18-6-4-3-5-7-18/h3-11,19,24H,12-15H2,1-2H3,(H,25,30). The number of carbonyl (C=O) groups excluding carboxylic acids is 3. The van der Waals surface area contributed by atoms with Crippen molar-refractivity contribution in [3.63, 3.8) is 0 Å². The van der Waals surface area contributed by atoms with Gasteiger partial charge in [0.15, 0.2) is 0 Å². The van der Waals surface area contributed by atoms with Crippen LogP contribution in [0.4, 0.5) is 10.5 Å². The van der Waals surface area contributed by atoms with Gasteiger partial charge in [-0.05, 0) is 38.0 Å². The van der Waals surface area contributed by atoms with Crippen LogP contribution in [-0.2, 0) is 15.1 Å². The number of hydrogen-bond acceptors (Lipinski definition) is 4. The van der Waals surface area contributed by atoms with E-state index in [0.717, 1.165) is 22.6 Å². The topological polar surface area (TPSA) is 81.8 Å². The molecule has 2 fully saturated rings. The molecule has 2 aliphatic rings. The first-order chi connectivity index (χ1) is 14.4. The third-order valence-electron chi connectivity index (χ3n) is 5.88. The van der Waals surface area contributed by atoms with Crippen LogP contribution < -0.4 is 10.6 Å². The van der Waals surface area contributed by atoms with Crippen molar-refractivity contribution >= 4 is 23.5 Å². The van der Waals surface area contributed by atoms with Crippen LogP contribution in [0, 0.1) is 6.92 Å². The van der Waals surface area contributed by atoms with Crippen molar-refractivity contribution in [3.05, 3.63) is 65.7 Å². The van der Waals surface area contributed by atoms with E-state index in [2.05, 4.69) is 10.6 Å². The minimum Gasteiger partial charge on any atom is -0.380 e. The summed E-state index contributed by atoms with van der Waals surface area (Å²) in [6.45, 7) is 4.54. The summed E-state index contributed by atoms with van der Waals surface area (Å²) in [5.74, 6) is -0.619. The fourth-order valence-corrected chi connectivity index (χ4v) is 4.03. The molecule has 0 aromatic heterocycles. The largest absolute Gasteiger partial charge is 0.380 e. The lowest BCUT2D eigenvalue weighted by molar-refractivity contribution is -0.138. The molecule has 7 nitrogen and oxygen atoms in total. The van der Waals surface area contributed by atoms with Crippen molar-refractivity contribution in [1.29, 1.82) is 0 Å². The Morgan fingerprint density at radius 2 is 1.83 bits per heavy atom. The number of imide groups is 1. The zero-order chi connectivity index (χ0) is 21.3. The summed E-state index contributed by atoms with van der Waals surface area (Å²) < 4.78 is 0. The van der Waals surface area contributed by atoms with E-state index in [-0.39, 0.29) is 18.5 Å². The predicted molar refractivity (Wildman–Crippen MR) is 114 cm³/mol. The van der Waals surface area contributed by atoms with E-state index in [1.54, 1.807) is 11.8 Å². The number of rotatable bonds is 5. The molecule has 0 spiro atoms. The summed E-state index contributed by atoms with van der Waals surface area (Å²) in [6.07, 6.45) is 0.821. The monoisotopic (exact) mass is 406 g/mol. The molecule has 0 saturated carbocycles. The Bertz CT molecular complexity index is 960. The van der Waals surface area contributed by atoms with E-state index in [9.17, 15) is 14.4 Å². The fourth-order valence-electron chi connectivity index (χ4n) is 4.03. The molecule has 4 rings (SSSR count). The fraction of sp³-hybridized carbons (Fsp3) is 0.348. The number of amides is 4. The Balaban J connectivity index is 1.39. The molecule has 2 atom stereocenters. The summed E-state index contributed by atoms with van der Waals surface area (Å²) in [5, 5.41) is 6.18. The zero-order valence-corrected chi connectivity index (χ0v) is 17.2. The maximum absolute atomic E-state index is 13.0. The summed E-state index contributed by atoms with van der Waals surface area (Å²) in [5.41, 5.74) is 1.63. The van der Waals surface area contributed by atoms with Crippen molar-refractivity contribution in [3.8, 4) is 0 Å². The minimum atomic E-state index is -1.16. The first kappa shape index (κ1) is 19.9. The van der Waals surface area contributed by atoms with Crippen LogP contribution in [0.3, 0.4) is 0 Å². The van der Waals surface area contributed by atoms with Gasteiger partial charge in [0.25, 0.3) is 5.91 Å². The van der Waals surface area contributed by atoms with Crippen molar-refractivity contribution in [2.45, 2.75) is 31.8 Å². The SMILES string of the molecule is Cc1ccc(C2(C)NC(=O)N(CC(=O)N3CCC(Nc4ccccc4)C3)C2=O)cc1. The molecule has 0 radical (unpaired) electrons. The Morgan fingerprint density at radius 3 is 2.53 bits per heavy atom. The zero-order valence-electron chi connectivity index (χ0n) is 17.2. The van der Waals surface area contributed by atoms with Crippen LogP contribution in [0.25, 0.3) is 0 Å². The van der Waals surface area contributed by atoms with Crippen LogP contribution >= 0.6 is 0 Å². The van der Waals surface area contributed by atoms with Gasteiger partial charge in [-0.15, -0.1) is 0 Å². The highest BCUT2D eigenvalue weighted by Gasteiger charge is 2.49. The van der Waals surface area contributed by atoms with Gasteiger partial charge in [0, 0.05) is 24.8 Å². The second-order valence-corrected chi connectivity index (χ2v) is 8.15. The molecule has 2 aromatic rings. The summed E-state index contributed by atoms with van der Waals surface area (Å²) in [4.78, 5) is 41.1. The number of likely N-dealkylation sites (tertiary alicyclic amines) is 1. The second kappa shape index (κ2) is 7.82. The van der Waals surface area contributed by atoms with Crippen LogP contribution in [0.5, 0.6) is 0 Å². The van der Waals surface area contributed by atoms with Gasteiger partial charge in [-0.1, -0.05) is 48.0 Å². The predicted octanol–water partition coefficient (Wildman–Crippen LogP) is 2.48. The quantitative estimate of drug-likeness (QED) is 0.748. The van der Waals surface area contributed by atoms with E-state index >= 15 is 0 Å². The van der Waals surface area contributed by atoms with Gasteiger partial charge in [0.1, 0.15) is 12.1 Å². The maximum atomic E-state index is 13.0. The van der Waals surface area contributed by atoms with Gasteiger partial charge in [-0.25, -0.2) is 4.79 Å². The highest BCUT2D eigenvalue weighted by molar-refractivity contribution is 6.09. The molecule has 0 bridgehead atoms. The van der Waals surface area contributed by atoms with Crippen LogP contribution in [0.15, 0.2) is 54.6 Å². The average molecular weight is 406 g/mol. The first-order valence-corrected chi connectivity index (χ1v) is 10.2. The molecule has 156 valence electrons. The Kier molecular flexibility index (Phi) is 5.20. The number of nitrogens with zero attached hydrogens (tertiary/aromatic N) is 2. The third kappa shape index (κ3) is 3.75. The number of anilines is 1. The highest BCUT2D eigenvalue weighted by atomic mass is 16.2. The van der Waals surface area contributed by atoms with Crippen LogP contribution in [0.1, 0.15) is 24.5 Å². The molecule has 2 unspecified atom stereocenters. The molecule has 30 heavy (non-hydrogen) atoms. The molecule has 2 heterocycles. The molecule has 2 N–H and O–H groups in total. The number of aryl methyl sites for hydroxylation is 1. The van der Waals surface area contributed by atoms with Crippen molar-refractivity contribution in [2.24, 2.45) is 0 Å². The summed E-state index contributed by atoms with van der Waals surface area (Å²) in [7, 11) is 0. The second-order valence-electron chi connectivity index (χ2n) is 8.15. The number of urea groups is 1. The van der Waals surface area contributed by atoms with E-state index in [4.69, 9.17) is 0 Å². The molecule has 7 heteroatoms. The Labute approximate surface area is 176 Å². The van der Waals surface area contributed by atoms with Gasteiger partial charge in [0.05, 0.1) is 0 Å². The molecule has 2 aliphatic heterocycles. The van der Waals surface area contributed by atoms with Crippen molar-refractivity contribution in [1.82, 2.24) is 15.1 Å². The summed E-state index contributed by atoms with van der Waals surface area (Å²) in [6, 6.07) is 16.9. The van der Waals surface area contributed by atoms with E-state index < -0.39 is 17.5 Å². The van der Waals surface area contributed by atoms with Crippen molar-refractivity contribution < 1.29 is 14.4 Å². The third-order valence-corrected chi connectivity index (χ3v) is 5.88. The van der Waals surface area contributed by atoms with Crippen LogP contribution in [-0.4, -0.2) is 53.3 Å².